The second-order valence-electron chi connectivity index (χ2n) is 1.71. The molecule has 2 nitrogen and oxygen atoms in total. The Balaban J connectivity index is 0. The first-order chi connectivity index (χ1) is 5.81. The molecule has 12 heavy (non-hydrogen) atoms. The van der Waals surface area contributed by atoms with Crippen LogP contribution >= 0.6 is 0 Å². The molecule has 1 heterocycles. The Bertz CT molecular complexity index is 172. The molecule has 0 aliphatic heterocycles. The molecule has 0 spiro atoms. The zero-order chi connectivity index (χ0) is 9.82. The minimum Gasteiger partial charge on any atom is -0.304 e. The van der Waals surface area contributed by atoms with Crippen LogP contribution in [0.4, 0.5) is 0 Å². The predicted octanol–water partition coefficient (Wildman–Crippen LogP) is 2.62. The molecule has 68 valence electrons. The van der Waals surface area contributed by atoms with E-state index in [1.54, 1.807) is 6.20 Å². The highest BCUT2D eigenvalue weighted by atomic mass is 16.1. The molecule has 0 aromatic carbocycles. The Kier molecular flexibility index (Phi) is 14.0. The third kappa shape index (κ3) is 11.6. The number of hydrogen-bond acceptors (Lipinski definition) is 2. The number of aryl methyl sites for hydroxylation is 1. The zero-order valence-corrected chi connectivity index (χ0v) is 8.24. The lowest BCUT2D eigenvalue weighted by Crippen LogP contribution is -1.72. The smallest absolute Gasteiger partial charge is 0.116 e. The van der Waals surface area contributed by atoms with Crippen molar-refractivity contribution in [2.45, 2.75) is 27.7 Å². The molecule has 1 aromatic heterocycles. The van der Waals surface area contributed by atoms with Gasteiger partial charge in [0.15, 0.2) is 0 Å². The molecule has 0 N–H and O–H groups in total. The van der Waals surface area contributed by atoms with Crippen LogP contribution in [-0.4, -0.2) is 11.3 Å². The molecule has 1 rings (SSSR count). The first-order valence-electron chi connectivity index (χ1n) is 4.08. The molecule has 2 heteroatoms. The van der Waals surface area contributed by atoms with E-state index in [2.05, 4.69) is 4.98 Å². The summed E-state index contributed by atoms with van der Waals surface area (Å²) in [5, 5.41) is 0. The van der Waals surface area contributed by atoms with Gasteiger partial charge in [0.1, 0.15) is 6.29 Å². The van der Waals surface area contributed by atoms with Crippen LogP contribution in [0.3, 0.4) is 0 Å². The van der Waals surface area contributed by atoms with E-state index in [1.165, 1.54) is 6.92 Å². The summed E-state index contributed by atoms with van der Waals surface area (Å²) in [4.78, 5) is 12.8. The van der Waals surface area contributed by atoms with Gasteiger partial charge in [-0.15, -0.1) is 0 Å². The van der Waals surface area contributed by atoms with Crippen LogP contribution < -0.4 is 0 Å². The molecule has 0 atom stereocenters. The Morgan fingerprint density at radius 2 is 1.83 bits per heavy atom. The Hall–Kier alpha value is -1.18. The monoisotopic (exact) mass is 167 g/mol. The van der Waals surface area contributed by atoms with Crippen molar-refractivity contribution in [1.29, 1.82) is 0 Å². The largest absolute Gasteiger partial charge is 0.304 e. The fourth-order valence-electron chi connectivity index (χ4n) is 0.448. The fourth-order valence-corrected chi connectivity index (χ4v) is 0.448. The molecule has 0 aliphatic rings. The maximum absolute atomic E-state index is 8.81. The minimum atomic E-state index is 0.750. The van der Waals surface area contributed by atoms with Crippen molar-refractivity contribution >= 4 is 6.29 Å². The minimum absolute atomic E-state index is 0.750. The van der Waals surface area contributed by atoms with Crippen LogP contribution in [0, 0.1) is 6.92 Å². The summed E-state index contributed by atoms with van der Waals surface area (Å²) in [6, 6.07) is 5.86. The molecule has 0 unspecified atom stereocenters. The van der Waals surface area contributed by atoms with Gasteiger partial charge in [0, 0.05) is 11.9 Å². The van der Waals surface area contributed by atoms with Crippen LogP contribution in [0.15, 0.2) is 24.4 Å². The van der Waals surface area contributed by atoms with Gasteiger partial charge < -0.3 is 4.79 Å². The fraction of sp³-hybridized carbons (Fsp3) is 0.400. The summed E-state index contributed by atoms with van der Waals surface area (Å²) in [5.74, 6) is 0. The summed E-state index contributed by atoms with van der Waals surface area (Å²) in [6.45, 7) is 7.42. The van der Waals surface area contributed by atoms with Gasteiger partial charge in [0.05, 0.1) is 0 Å². The van der Waals surface area contributed by atoms with Gasteiger partial charge in [0.2, 0.25) is 0 Å². The van der Waals surface area contributed by atoms with Crippen LogP contribution in [-0.2, 0) is 4.79 Å². The van der Waals surface area contributed by atoms with Crippen molar-refractivity contribution in [3.05, 3.63) is 30.1 Å². The van der Waals surface area contributed by atoms with Crippen molar-refractivity contribution in [3.8, 4) is 0 Å². The van der Waals surface area contributed by atoms with Gasteiger partial charge >= 0.3 is 0 Å². The summed E-state index contributed by atoms with van der Waals surface area (Å²) < 4.78 is 0. The maximum atomic E-state index is 8.81. The number of rotatable bonds is 0. The predicted molar refractivity (Wildman–Crippen MR) is 52.1 cm³/mol. The van der Waals surface area contributed by atoms with Gasteiger partial charge in [-0.3, -0.25) is 4.98 Å². The van der Waals surface area contributed by atoms with Gasteiger partial charge in [-0.05, 0) is 26.0 Å². The number of carbonyl (C=O) groups excluding carboxylic acids is 1. The summed E-state index contributed by atoms with van der Waals surface area (Å²) in [5.41, 5.74) is 1.07. The summed E-state index contributed by atoms with van der Waals surface area (Å²) in [6.07, 6.45) is 2.54. The van der Waals surface area contributed by atoms with Crippen molar-refractivity contribution < 1.29 is 4.79 Å². The first kappa shape index (κ1) is 13.4. The van der Waals surface area contributed by atoms with E-state index in [4.69, 9.17) is 4.79 Å². The van der Waals surface area contributed by atoms with Crippen molar-refractivity contribution in [3.63, 3.8) is 0 Å². The highest BCUT2D eigenvalue weighted by Gasteiger charge is 1.73. The van der Waals surface area contributed by atoms with Crippen LogP contribution in [0.2, 0.25) is 0 Å². The van der Waals surface area contributed by atoms with Gasteiger partial charge in [-0.2, -0.15) is 0 Å². The quantitative estimate of drug-likeness (QED) is 0.556. The number of aromatic nitrogens is 1. The Labute approximate surface area is 74.6 Å². The lowest BCUT2D eigenvalue weighted by molar-refractivity contribution is -0.106. The van der Waals surface area contributed by atoms with Gasteiger partial charge in [-0.1, -0.05) is 19.9 Å². The molecule has 0 aliphatic carbocycles. The number of nitrogens with zero attached hydrogens (tertiary/aromatic N) is 1. The average Bonchev–Trinajstić information content (AvgIpc) is 2.11. The summed E-state index contributed by atoms with van der Waals surface area (Å²) in [7, 11) is 0. The number of hydrogen-bond donors (Lipinski definition) is 0. The number of aldehydes is 1. The molecular weight excluding hydrogens is 150 g/mol. The zero-order valence-electron chi connectivity index (χ0n) is 8.24. The van der Waals surface area contributed by atoms with E-state index in [1.807, 2.05) is 39.0 Å². The van der Waals surface area contributed by atoms with Crippen LogP contribution in [0.25, 0.3) is 0 Å². The molecule has 0 amide bonds. The van der Waals surface area contributed by atoms with E-state index in [0.717, 1.165) is 12.0 Å². The lowest BCUT2D eigenvalue weighted by Gasteiger charge is -1.82. The van der Waals surface area contributed by atoms with Crippen molar-refractivity contribution in [1.82, 2.24) is 4.98 Å². The molecule has 0 bridgehead atoms. The average molecular weight is 167 g/mol. The van der Waals surface area contributed by atoms with Crippen LogP contribution in [0.5, 0.6) is 0 Å². The molecule has 1 aromatic rings. The van der Waals surface area contributed by atoms with Gasteiger partial charge in [-0.25, -0.2) is 0 Å². The number of pyridine rings is 1. The third-order valence-electron chi connectivity index (χ3n) is 0.813. The molecule has 0 saturated heterocycles. The molecule has 0 saturated carbocycles. The second kappa shape index (κ2) is 12.5. The van der Waals surface area contributed by atoms with E-state index in [-0.39, 0.29) is 0 Å². The third-order valence-corrected chi connectivity index (χ3v) is 0.813. The highest BCUT2D eigenvalue weighted by molar-refractivity contribution is 5.44. The first-order valence-corrected chi connectivity index (χ1v) is 4.08. The molecular formula is C10H17NO. The standard InChI is InChI=1S/C6H7N.C2H4O.C2H6/c1-6-4-2-3-5-7-6;1-2-3;1-2/h2-5H,1H3;2H,1H3;1-2H3. The Morgan fingerprint density at radius 1 is 1.33 bits per heavy atom. The van der Waals surface area contributed by atoms with Crippen molar-refractivity contribution in [2.24, 2.45) is 0 Å². The van der Waals surface area contributed by atoms with E-state index >= 15 is 0 Å². The van der Waals surface area contributed by atoms with E-state index in [9.17, 15) is 0 Å². The second-order valence-corrected chi connectivity index (χ2v) is 1.71. The van der Waals surface area contributed by atoms with Crippen LogP contribution in [0.1, 0.15) is 26.5 Å². The summed E-state index contributed by atoms with van der Waals surface area (Å²) >= 11 is 0. The van der Waals surface area contributed by atoms with E-state index < -0.39 is 0 Å². The number of carbonyl (C=O) groups is 1. The Morgan fingerprint density at radius 3 is 2.00 bits per heavy atom. The molecule has 0 fully saturated rings. The normalized spacial score (nSPS) is 6.67. The topological polar surface area (TPSA) is 30.0 Å². The maximum Gasteiger partial charge on any atom is 0.116 e. The lowest BCUT2D eigenvalue weighted by atomic mass is 10.4. The van der Waals surface area contributed by atoms with E-state index in [0.29, 0.717) is 0 Å². The van der Waals surface area contributed by atoms with Gasteiger partial charge in [0.25, 0.3) is 0 Å². The van der Waals surface area contributed by atoms with Crippen molar-refractivity contribution in [2.75, 3.05) is 0 Å². The SMILES string of the molecule is CC.CC=O.Cc1ccccn1. The highest BCUT2D eigenvalue weighted by Crippen LogP contribution is 1.85. The molecule has 0 radical (unpaired) electrons.